The highest BCUT2D eigenvalue weighted by atomic mass is 35.5. The Labute approximate surface area is 52.6 Å². The normalized spacial score (nSPS) is 16.9. The van der Waals surface area contributed by atoms with E-state index in [2.05, 4.69) is 0 Å². The first-order chi connectivity index (χ1) is 2.89. The molecule has 0 saturated carbocycles. The number of carbonyl (C=O) groups excluding carboxylic acids is 1. The Morgan fingerprint density at radius 2 is 2.43 bits per heavy atom. The molecular weight excluding hydrogens is 132 g/mol. The van der Waals surface area contributed by atoms with Crippen molar-refractivity contribution in [2.45, 2.75) is 0 Å². The van der Waals surface area contributed by atoms with Gasteiger partial charge in [0.1, 0.15) is 0 Å². The Hall–Kier alpha value is 0.0500. The SMILES string of the molecule is Cl.O=C1C=CSC1. The number of allylic oxidation sites excluding steroid dienone is 1. The van der Waals surface area contributed by atoms with E-state index >= 15 is 0 Å². The summed E-state index contributed by atoms with van der Waals surface area (Å²) in [7, 11) is 0. The van der Waals surface area contributed by atoms with Crippen molar-refractivity contribution in [1.82, 2.24) is 0 Å². The van der Waals surface area contributed by atoms with Crippen molar-refractivity contribution in [3.05, 3.63) is 11.5 Å². The zero-order valence-electron chi connectivity index (χ0n) is 3.59. The fourth-order valence-corrected chi connectivity index (χ4v) is 0.907. The standard InChI is InChI=1S/C4H4OS.ClH/c5-4-1-2-6-3-4;/h1-2H,3H2;1H. The van der Waals surface area contributed by atoms with Crippen LogP contribution in [-0.4, -0.2) is 11.5 Å². The molecule has 1 aliphatic rings. The van der Waals surface area contributed by atoms with E-state index in [-0.39, 0.29) is 18.2 Å². The molecule has 1 heterocycles. The predicted octanol–water partition coefficient (Wildman–Crippen LogP) is 1.24. The number of halogens is 1. The second kappa shape index (κ2) is 3.10. The Morgan fingerprint density at radius 1 is 1.71 bits per heavy atom. The first kappa shape index (κ1) is 7.05. The summed E-state index contributed by atoms with van der Waals surface area (Å²) in [6.45, 7) is 0. The zero-order valence-corrected chi connectivity index (χ0v) is 5.22. The Morgan fingerprint density at radius 3 is 2.57 bits per heavy atom. The molecule has 0 aliphatic carbocycles. The molecule has 0 aromatic heterocycles. The second-order valence-electron chi connectivity index (χ2n) is 1.08. The topological polar surface area (TPSA) is 17.1 Å². The summed E-state index contributed by atoms with van der Waals surface area (Å²) < 4.78 is 0. The lowest BCUT2D eigenvalue weighted by Crippen LogP contribution is -1.86. The average Bonchev–Trinajstić information content (AvgIpc) is 1.86. The molecule has 1 aliphatic heterocycles. The summed E-state index contributed by atoms with van der Waals surface area (Å²) in [5.74, 6) is 0.889. The van der Waals surface area contributed by atoms with Crippen LogP contribution in [0.1, 0.15) is 0 Å². The van der Waals surface area contributed by atoms with Crippen LogP contribution in [0.4, 0.5) is 0 Å². The maximum Gasteiger partial charge on any atom is 0.166 e. The fourth-order valence-electron chi connectivity index (χ4n) is 0.302. The van der Waals surface area contributed by atoms with Crippen LogP contribution in [0.2, 0.25) is 0 Å². The Kier molecular flexibility index (Phi) is 3.13. The van der Waals surface area contributed by atoms with Gasteiger partial charge in [-0.3, -0.25) is 4.79 Å². The average molecular weight is 137 g/mol. The molecule has 7 heavy (non-hydrogen) atoms. The largest absolute Gasteiger partial charge is 0.294 e. The molecule has 0 aromatic carbocycles. The van der Waals surface area contributed by atoms with Gasteiger partial charge >= 0.3 is 0 Å². The van der Waals surface area contributed by atoms with Gasteiger partial charge in [0.15, 0.2) is 5.78 Å². The van der Waals surface area contributed by atoms with Crippen molar-refractivity contribution >= 4 is 30.0 Å². The molecule has 0 fully saturated rings. The summed E-state index contributed by atoms with van der Waals surface area (Å²) in [5.41, 5.74) is 0. The van der Waals surface area contributed by atoms with Gasteiger partial charge in [-0.2, -0.15) is 0 Å². The van der Waals surface area contributed by atoms with Crippen molar-refractivity contribution in [2.75, 3.05) is 5.75 Å². The molecule has 40 valence electrons. The van der Waals surface area contributed by atoms with Gasteiger partial charge in [-0.25, -0.2) is 0 Å². The van der Waals surface area contributed by atoms with Gasteiger partial charge in [-0.05, 0) is 11.5 Å². The maximum atomic E-state index is 10.1. The smallest absolute Gasteiger partial charge is 0.166 e. The highest BCUT2D eigenvalue weighted by molar-refractivity contribution is 8.03. The number of hydrogen-bond donors (Lipinski definition) is 0. The Bertz CT molecular complexity index is 99.9. The molecule has 0 radical (unpaired) electrons. The van der Waals surface area contributed by atoms with Crippen molar-refractivity contribution in [3.63, 3.8) is 0 Å². The minimum absolute atomic E-state index is 0. The van der Waals surface area contributed by atoms with E-state index in [0.29, 0.717) is 5.75 Å². The first-order valence-corrected chi connectivity index (χ1v) is 2.75. The summed E-state index contributed by atoms with van der Waals surface area (Å²) in [6.07, 6.45) is 1.60. The minimum Gasteiger partial charge on any atom is -0.294 e. The van der Waals surface area contributed by atoms with E-state index < -0.39 is 0 Å². The number of ketones is 1. The Balaban J connectivity index is 0.000000360. The lowest BCUT2D eigenvalue weighted by molar-refractivity contribution is -0.112. The first-order valence-electron chi connectivity index (χ1n) is 1.70. The van der Waals surface area contributed by atoms with Crippen molar-refractivity contribution < 1.29 is 4.79 Å². The van der Waals surface area contributed by atoms with E-state index in [1.54, 1.807) is 17.8 Å². The van der Waals surface area contributed by atoms with Crippen molar-refractivity contribution in [3.8, 4) is 0 Å². The quantitative estimate of drug-likeness (QED) is 0.499. The summed E-state index contributed by atoms with van der Waals surface area (Å²) >= 11 is 1.55. The third-order valence-electron chi connectivity index (χ3n) is 0.576. The van der Waals surface area contributed by atoms with Crippen LogP contribution in [0.25, 0.3) is 0 Å². The van der Waals surface area contributed by atoms with Crippen LogP contribution >= 0.6 is 24.2 Å². The van der Waals surface area contributed by atoms with Gasteiger partial charge < -0.3 is 0 Å². The molecule has 0 saturated heterocycles. The van der Waals surface area contributed by atoms with Crippen LogP contribution in [0, 0.1) is 0 Å². The summed E-state index contributed by atoms with van der Waals surface area (Å²) in [4.78, 5) is 10.1. The number of rotatable bonds is 0. The van der Waals surface area contributed by atoms with Crippen molar-refractivity contribution in [2.24, 2.45) is 0 Å². The van der Waals surface area contributed by atoms with Crippen LogP contribution in [0.3, 0.4) is 0 Å². The molecule has 1 nitrogen and oxygen atoms in total. The van der Waals surface area contributed by atoms with Crippen LogP contribution < -0.4 is 0 Å². The number of thioether (sulfide) groups is 1. The zero-order chi connectivity index (χ0) is 4.41. The molecule has 0 aromatic rings. The van der Waals surface area contributed by atoms with Gasteiger partial charge in [-0.15, -0.1) is 24.2 Å². The van der Waals surface area contributed by atoms with Gasteiger partial charge in [0.05, 0.1) is 5.75 Å². The van der Waals surface area contributed by atoms with E-state index in [1.807, 2.05) is 5.41 Å². The lowest BCUT2D eigenvalue weighted by atomic mass is 10.5. The molecule has 0 N–H and O–H groups in total. The van der Waals surface area contributed by atoms with Crippen LogP contribution in [0.15, 0.2) is 11.5 Å². The molecule has 0 atom stereocenters. The maximum absolute atomic E-state index is 10.1. The molecule has 1 rings (SSSR count). The molecule has 0 spiro atoms. The molecule has 0 unspecified atom stereocenters. The number of hydrogen-bond acceptors (Lipinski definition) is 2. The molecule has 0 bridgehead atoms. The van der Waals surface area contributed by atoms with Gasteiger partial charge in [0, 0.05) is 0 Å². The summed E-state index contributed by atoms with van der Waals surface area (Å²) in [5, 5.41) is 1.82. The monoisotopic (exact) mass is 136 g/mol. The molecule has 0 amide bonds. The van der Waals surface area contributed by atoms with Gasteiger partial charge in [0.2, 0.25) is 0 Å². The van der Waals surface area contributed by atoms with E-state index in [0.717, 1.165) is 0 Å². The lowest BCUT2D eigenvalue weighted by Gasteiger charge is -1.71. The number of carbonyl (C=O) groups is 1. The van der Waals surface area contributed by atoms with Crippen LogP contribution in [-0.2, 0) is 4.79 Å². The van der Waals surface area contributed by atoms with Gasteiger partial charge in [0.25, 0.3) is 0 Å². The third-order valence-corrected chi connectivity index (χ3v) is 1.36. The minimum atomic E-state index is 0. The fraction of sp³-hybridized carbons (Fsp3) is 0.250. The van der Waals surface area contributed by atoms with Crippen molar-refractivity contribution in [1.29, 1.82) is 0 Å². The highest BCUT2D eigenvalue weighted by Gasteiger charge is 1.99. The van der Waals surface area contributed by atoms with Crippen LogP contribution in [0.5, 0.6) is 0 Å². The van der Waals surface area contributed by atoms with E-state index in [4.69, 9.17) is 0 Å². The van der Waals surface area contributed by atoms with E-state index in [1.165, 1.54) is 0 Å². The predicted molar refractivity (Wildman–Crippen MR) is 33.9 cm³/mol. The highest BCUT2D eigenvalue weighted by Crippen LogP contribution is 2.08. The summed E-state index contributed by atoms with van der Waals surface area (Å²) in [6, 6.07) is 0. The molecular formula is C4H5ClOS. The van der Waals surface area contributed by atoms with Gasteiger partial charge in [-0.1, -0.05) is 0 Å². The third kappa shape index (κ3) is 2.00. The van der Waals surface area contributed by atoms with E-state index in [9.17, 15) is 4.79 Å². The molecule has 3 heteroatoms. The second-order valence-corrected chi connectivity index (χ2v) is 1.97.